The van der Waals surface area contributed by atoms with Gasteiger partial charge in [0.2, 0.25) is 5.91 Å². The van der Waals surface area contributed by atoms with Gasteiger partial charge < -0.3 is 10.1 Å². The highest BCUT2D eigenvalue weighted by atomic mass is 35.5. The summed E-state index contributed by atoms with van der Waals surface area (Å²) in [4.78, 5) is 47.2. The molecule has 0 saturated carbocycles. The highest BCUT2D eigenvalue weighted by Crippen LogP contribution is 2.20. The quantitative estimate of drug-likeness (QED) is 0.421. The predicted octanol–water partition coefficient (Wildman–Crippen LogP) is 3.11. The molecule has 0 aliphatic carbocycles. The van der Waals surface area contributed by atoms with E-state index in [0.29, 0.717) is 10.7 Å². The maximum Gasteiger partial charge on any atom is 0.306 e. The van der Waals surface area contributed by atoms with Crippen LogP contribution in [0.25, 0.3) is 0 Å². The molecule has 158 valence electrons. The lowest BCUT2D eigenvalue weighted by Gasteiger charge is -2.09. The molecule has 0 fully saturated rings. The van der Waals surface area contributed by atoms with Crippen LogP contribution in [0.2, 0.25) is 10.0 Å². The fraction of sp³-hybridized carbons (Fsp3) is 0.200. The first-order valence-corrected chi connectivity index (χ1v) is 9.66. The molecule has 0 saturated heterocycles. The summed E-state index contributed by atoms with van der Waals surface area (Å²) in [5.74, 6) is -2.20. The number of hydrazine groups is 1. The van der Waals surface area contributed by atoms with Crippen LogP contribution in [0.5, 0.6) is 0 Å². The number of carbonyl (C=O) groups excluding carboxylic acids is 4. The van der Waals surface area contributed by atoms with Gasteiger partial charge in [-0.2, -0.15) is 0 Å². The third-order valence-electron chi connectivity index (χ3n) is 3.73. The van der Waals surface area contributed by atoms with E-state index in [4.69, 9.17) is 27.9 Å². The van der Waals surface area contributed by atoms with Crippen LogP contribution in [0.1, 0.15) is 29.6 Å². The molecule has 2 aromatic carbocycles. The summed E-state index contributed by atoms with van der Waals surface area (Å²) >= 11 is 11.8. The second-order valence-corrected chi connectivity index (χ2v) is 6.84. The number of rotatable bonds is 8. The van der Waals surface area contributed by atoms with Gasteiger partial charge in [-0.3, -0.25) is 30.0 Å². The number of halogens is 2. The summed E-state index contributed by atoms with van der Waals surface area (Å²) in [6.45, 7) is -0.468. The Balaban J connectivity index is 1.61. The average molecular weight is 452 g/mol. The molecule has 30 heavy (non-hydrogen) atoms. The van der Waals surface area contributed by atoms with Crippen molar-refractivity contribution in [1.82, 2.24) is 10.9 Å². The Bertz CT molecular complexity index is 936. The standard InChI is InChI=1S/C20H19Cl2N3O5/c21-14-7-2-1-6-13(14)20(29)25-24-17(26)10-5-11-19(28)30-12-18(27)23-16-9-4-3-8-15(16)22/h1-4,6-9H,5,10-12H2,(H,23,27)(H,24,26)(H,25,29). The zero-order chi connectivity index (χ0) is 21.9. The Morgan fingerprint density at radius 2 is 1.47 bits per heavy atom. The first kappa shape index (κ1) is 23.2. The molecule has 0 aliphatic heterocycles. The fourth-order valence-electron chi connectivity index (χ4n) is 2.26. The lowest BCUT2D eigenvalue weighted by Crippen LogP contribution is -2.41. The van der Waals surface area contributed by atoms with Crippen LogP contribution in [0.4, 0.5) is 5.69 Å². The van der Waals surface area contributed by atoms with Gasteiger partial charge in [0.05, 0.1) is 21.3 Å². The molecule has 2 rings (SSSR count). The maximum absolute atomic E-state index is 11.9. The molecule has 10 heteroatoms. The van der Waals surface area contributed by atoms with Gasteiger partial charge in [0.15, 0.2) is 6.61 Å². The maximum atomic E-state index is 11.9. The van der Waals surface area contributed by atoms with Crippen LogP contribution in [-0.4, -0.2) is 30.3 Å². The molecule has 0 atom stereocenters. The number of benzene rings is 2. The molecule has 8 nitrogen and oxygen atoms in total. The molecule has 0 heterocycles. The number of anilines is 1. The van der Waals surface area contributed by atoms with Crippen molar-refractivity contribution in [2.24, 2.45) is 0 Å². The monoisotopic (exact) mass is 451 g/mol. The highest BCUT2D eigenvalue weighted by molar-refractivity contribution is 6.34. The summed E-state index contributed by atoms with van der Waals surface area (Å²) in [7, 11) is 0. The van der Waals surface area contributed by atoms with Crippen molar-refractivity contribution in [3.63, 3.8) is 0 Å². The minimum Gasteiger partial charge on any atom is -0.456 e. The summed E-state index contributed by atoms with van der Waals surface area (Å²) in [5.41, 5.74) is 5.11. The smallest absolute Gasteiger partial charge is 0.306 e. The van der Waals surface area contributed by atoms with Crippen molar-refractivity contribution in [2.75, 3.05) is 11.9 Å². The van der Waals surface area contributed by atoms with E-state index in [2.05, 4.69) is 16.2 Å². The van der Waals surface area contributed by atoms with Crippen LogP contribution in [0, 0.1) is 0 Å². The average Bonchev–Trinajstić information content (AvgIpc) is 2.72. The van der Waals surface area contributed by atoms with Crippen LogP contribution < -0.4 is 16.2 Å². The molecule has 0 unspecified atom stereocenters. The molecule has 2 aromatic rings. The van der Waals surface area contributed by atoms with Gasteiger partial charge in [-0.25, -0.2) is 0 Å². The summed E-state index contributed by atoms with van der Waals surface area (Å²) in [5, 5.41) is 3.14. The number of esters is 1. The van der Waals surface area contributed by atoms with Crippen LogP contribution in [0.3, 0.4) is 0 Å². The van der Waals surface area contributed by atoms with Crippen LogP contribution >= 0.6 is 23.2 Å². The topological polar surface area (TPSA) is 114 Å². The zero-order valence-electron chi connectivity index (χ0n) is 15.7. The van der Waals surface area contributed by atoms with Crippen LogP contribution in [-0.2, 0) is 19.1 Å². The molecule has 3 amide bonds. The van der Waals surface area contributed by atoms with Crippen molar-refractivity contribution in [3.8, 4) is 0 Å². The molecule has 0 radical (unpaired) electrons. The summed E-state index contributed by atoms with van der Waals surface area (Å²) in [6, 6.07) is 13.0. The van der Waals surface area contributed by atoms with Crippen LogP contribution in [0.15, 0.2) is 48.5 Å². The number of ether oxygens (including phenoxy) is 1. The Morgan fingerprint density at radius 1 is 0.800 bits per heavy atom. The molecule has 0 aliphatic rings. The molecule has 0 spiro atoms. The van der Waals surface area contributed by atoms with E-state index in [1.807, 2.05) is 0 Å². The Labute approximate surface area is 182 Å². The second kappa shape index (κ2) is 11.8. The van der Waals surface area contributed by atoms with E-state index in [1.54, 1.807) is 42.5 Å². The van der Waals surface area contributed by atoms with E-state index < -0.39 is 30.3 Å². The largest absolute Gasteiger partial charge is 0.456 e. The molecular formula is C20H19Cl2N3O5. The number of nitrogens with one attached hydrogen (secondary N) is 3. The van der Waals surface area contributed by atoms with Gasteiger partial charge in [-0.1, -0.05) is 47.5 Å². The first-order valence-electron chi connectivity index (χ1n) is 8.90. The van der Waals surface area contributed by atoms with Crippen molar-refractivity contribution in [1.29, 1.82) is 0 Å². The van der Waals surface area contributed by atoms with E-state index in [-0.39, 0.29) is 29.8 Å². The van der Waals surface area contributed by atoms with E-state index in [0.717, 1.165) is 0 Å². The van der Waals surface area contributed by atoms with Gasteiger partial charge in [-0.05, 0) is 30.7 Å². The number of hydrogen-bond acceptors (Lipinski definition) is 5. The SMILES string of the molecule is O=C(CCCC(=O)OCC(=O)Nc1ccccc1Cl)NNC(=O)c1ccccc1Cl. The van der Waals surface area contributed by atoms with E-state index in [1.165, 1.54) is 6.07 Å². The number of carbonyl (C=O) groups is 4. The molecule has 0 aromatic heterocycles. The van der Waals surface area contributed by atoms with E-state index >= 15 is 0 Å². The lowest BCUT2D eigenvalue weighted by molar-refractivity contribution is -0.147. The first-order chi connectivity index (χ1) is 14.4. The summed E-state index contributed by atoms with van der Waals surface area (Å²) in [6.07, 6.45) is 0.0910. The molecule has 0 bridgehead atoms. The second-order valence-electron chi connectivity index (χ2n) is 6.02. The Hall–Kier alpha value is -3.10. The third kappa shape index (κ3) is 7.73. The minimum absolute atomic E-state index is 0.0241. The minimum atomic E-state index is -0.628. The van der Waals surface area contributed by atoms with Crippen molar-refractivity contribution in [3.05, 3.63) is 64.1 Å². The third-order valence-corrected chi connectivity index (χ3v) is 4.39. The fourth-order valence-corrected chi connectivity index (χ4v) is 2.67. The zero-order valence-corrected chi connectivity index (χ0v) is 17.3. The van der Waals surface area contributed by atoms with Gasteiger partial charge in [-0.15, -0.1) is 0 Å². The summed E-state index contributed by atoms with van der Waals surface area (Å²) < 4.78 is 4.86. The Morgan fingerprint density at radius 3 is 2.17 bits per heavy atom. The number of amides is 3. The van der Waals surface area contributed by atoms with Gasteiger partial charge in [0.1, 0.15) is 0 Å². The molecular weight excluding hydrogens is 433 g/mol. The van der Waals surface area contributed by atoms with Gasteiger partial charge in [0, 0.05) is 12.8 Å². The van der Waals surface area contributed by atoms with E-state index in [9.17, 15) is 19.2 Å². The Kier molecular flexibility index (Phi) is 9.11. The lowest BCUT2D eigenvalue weighted by atomic mass is 10.2. The predicted molar refractivity (Wildman–Crippen MR) is 112 cm³/mol. The molecule has 3 N–H and O–H groups in total. The normalized spacial score (nSPS) is 10.1. The van der Waals surface area contributed by atoms with Crippen molar-refractivity contribution < 1.29 is 23.9 Å². The van der Waals surface area contributed by atoms with Gasteiger partial charge in [0.25, 0.3) is 11.8 Å². The number of para-hydroxylation sites is 1. The highest BCUT2D eigenvalue weighted by Gasteiger charge is 2.12. The van der Waals surface area contributed by atoms with Crippen molar-refractivity contribution in [2.45, 2.75) is 19.3 Å². The van der Waals surface area contributed by atoms with Gasteiger partial charge >= 0.3 is 5.97 Å². The van der Waals surface area contributed by atoms with Crippen molar-refractivity contribution >= 4 is 52.6 Å². The number of hydrogen-bond donors (Lipinski definition) is 3.